The van der Waals surface area contributed by atoms with Crippen LogP contribution in [0.25, 0.3) is 0 Å². The lowest BCUT2D eigenvalue weighted by Gasteiger charge is -2.33. The Labute approximate surface area is 103 Å². The van der Waals surface area contributed by atoms with Gasteiger partial charge in [-0.05, 0) is 44.8 Å². The van der Waals surface area contributed by atoms with E-state index in [9.17, 15) is 0 Å². The van der Waals surface area contributed by atoms with Crippen molar-refractivity contribution in [3.63, 3.8) is 0 Å². The van der Waals surface area contributed by atoms with Crippen LogP contribution in [0.3, 0.4) is 0 Å². The van der Waals surface area contributed by atoms with Crippen LogP contribution in [-0.2, 0) is 0 Å². The Hall–Kier alpha value is -0.380. The highest BCUT2D eigenvalue weighted by molar-refractivity contribution is 7.10. The van der Waals surface area contributed by atoms with Crippen molar-refractivity contribution >= 4 is 11.3 Å². The Balaban J connectivity index is 1.78. The van der Waals surface area contributed by atoms with Crippen LogP contribution in [0.2, 0.25) is 0 Å². The lowest BCUT2D eigenvalue weighted by molar-refractivity contribution is 0.179. The van der Waals surface area contributed by atoms with Gasteiger partial charge in [0.2, 0.25) is 0 Å². The summed E-state index contributed by atoms with van der Waals surface area (Å²) in [5.41, 5.74) is 0. The second-order valence-corrected chi connectivity index (χ2v) is 5.75. The molecule has 1 aromatic heterocycles. The molecular formula is C13H22N2S. The zero-order valence-electron chi connectivity index (χ0n) is 10.3. The van der Waals surface area contributed by atoms with Gasteiger partial charge >= 0.3 is 0 Å². The number of hydrogen-bond acceptors (Lipinski definition) is 3. The Bertz CT molecular complexity index is 297. The quantitative estimate of drug-likeness (QED) is 0.867. The molecule has 1 fully saturated rings. The standard InChI is InChI=1S/C13H22N2S/c1-11(13-7-5-9-16-13)14-10-12-6-3-4-8-15(12)2/h5,7,9,11-12,14H,3-4,6,8,10H2,1-2H3. The van der Waals surface area contributed by atoms with Gasteiger partial charge in [0.15, 0.2) is 0 Å². The normalized spacial score (nSPS) is 24.5. The molecule has 1 aliphatic heterocycles. The predicted molar refractivity (Wildman–Crippen MR) is 71.0 cm³/mol. The first-order chi connectivity index (χ1) is 7.77. The van der Waals surface area contributed by atoms with E-state index in [1.807, 2.05) is 11.3 Å². The van der Waals surface area contributed by atoms with Gasteiger partial charge < -0.3 is 10.2 Å². The zero-order chi connectivity index (χ0) is 11.4. The molecule has 2 rings (SSSR count). The lowest BCUT2D eigenvalue weighted by Crippen LogP contribution is -2.43. The maximum atomic E-state index is 3.65. The third-order valence-corrected chi connectivity index (χ3v) is 4.61. The third kappa shape index (κ3) is 3.06. The van der Waals surface area contributed by atoms with Crippen LogP contribution >= 0.6 is 11.3 Å². The molecular weight excluding hydrogens is 216 g/mol. The fourth-order valence-electron chi connectivity index (χ4n) is 2.35. The maximum Gasteiger partial charge on any atom is 0.0386 e. The lowest BCUT2D eigenvalue weighted by atomic mass is 10.0. The molecule has 0 spiro atoms. The van der Waals surface area contributed by atoms with E-state index in [0.717, 1.165) is 12.6 Å². The first-order valence-electron chi connectivity index (χ1n) is 6.24. The molecule has 3 heteroatoms. The Kier molecular flexibility index (Phi) is 4.38. The van der Waals surface area contributed by atoms with Gasteiger partial charge in [0.1, 0.15) is 0 Å². The summed E-state index contributed by atoms with van der Waals surface area (Å²) in [6, 6.07) is 5.57. The fourth-order valence-corrected chi connectivity index (χ4v) is 3.11. The molecule has 2 unspecified atom stereocenters. The van der Waals surface area contributed by atoms with E-state index >= 15 is 0 Å². The van der Waals surface area contributed by atoms with Gasteiger partial charge in [-0.2, -0.15) is 0 Å². The number of likely N-dealkylation sites (N-methyl/N-ethyl adjacent to an activating group) is 1. The van der Waals surface area contributed by atoms with Gasteiger partial charge in [0.05, 0.1) is 0 Å². The molecule has 0 aliphatic carbocycles. The molecule has 0 aromatic carbocycles. The summed E-state index contributed by atoms with van der Waals surface area (Å²) < 4.78 is 0. The van der Waals surface area contributed by atoms with Crippen LogP contribution in [0.15, 0.2) is 17.5 Å². The molecule has 2 heterocycles. The minimum atomic E-state index is 0.496. The molecule has 0 bridgehead atoms. The highest BCUT2D eigenvalue weighted by Crippen LogP contribution is 2.19. The van der Waals surface area contributed by atoms with E-state index in [2.05, 4.69) is 41.7 Å². The van der Waals surface area contributed by atoms with Gasteiger partial charge in [-0.3, -0.25) is 0 Å². The van der Waals surface area contributed by atoms with Crippen LogP contribution < -0.4 is 5.32 Å². The number of thiophene rings is 1. The van der Waals surface area contributed by atoms with Crippen molar-refractivity contribution in [3.05, 3.63) is 22.4 Å². The largest absolute Gasteiger partial charge is 0.308 e. The average molecular weight is 238 g/mol. The summed E-state index contributed by atoms with van der Waals surface area (Å²) in [7, 11) is 2.25. The van der Waals surface area contributed by atoms with Crippen molar-refractivity contribution in [2.24, 2.45) is 0 Å². The molecule has 0 radical (unpaired) electrons. The maximum absolute atomic E-state index is 3.65. The summed E-state index contributed by atoms with van der Waals surface area (Å²) in [5, 5.41) is 5.81. The number of likely N-dealkylation sites (tertiary alicyclic amines) is 1. The molecule has 0 amide bonds. The topological polar surface area (TPSA) is 15.3 Å². The van der Waals surface area contributed by atoms with Crippen LogP contribution in [0.1, 0.15) is 37.1 Å². The third-order valence-electron chi connectivity index (χ3n) is 3.55. The number of nitrogens with zero attached hydrogens (tertiary/aromatic N) is 1. The molecule has 1 N–H and O–H groups in total. The van der Waals surface area contributed by atoms with Crippen LogP contribution in [0.4, 0.5) is 0 Å². The number of nitrogens with one attached hydrogen (secondary N) is 1. The van der Waals surface area contributed by atoms with Crippen molar-refractivity contribution < 1.29 is 0 Å². The average Bonchev–Trinajstić information content (AvgIpc) is 2.81. The zero-order valence-corrected chi connectivity index (χ0v) is 11.1. The summed E-state index contributed by atoms with van der Waals surface area (Å²) >= 11 is 1.84. The Morgan fingerprint density at radius 2 is 2.44 bits per heavy atom. The minimum Gasteiger partial charge on any atom is -0.308 e. The van der Waals surface area contributed by atoms with Gasteiger partial charge in [-0.25, -0.2) is 0 Å². The van der Waals surface area contributed by atoms with Crippen molar-refractivity contribution in [3.8, 4) is 0 Å². The molecule has 1 aliphatic rings. The van der Waals surface area contributed by atoms with Crippen molar-refractivity contribution in [2.45, 2.75) is 38.3 Å². The van der Waals surface area contributed by atoms with Crippen LogP contribution in [0.5, 0.6) is 0 Å². The summed E-state index contributed by atoms with van der Waals surface area (Å²) in [6.07, 6.45) is 4.11. The van der Waals surface area contributed by atoms with E-state index in [1.54, 1.807) is 0 Å². The van der Waals surface area contributed by atoms with E-state index in [-0.39, 0.29) is 0 Å². The Morgan fingerprint density at radius 3 is 3.12 bits per heavy atom. The highest BCUT2D eigenvalue weighted by Gasteiger charge is 2.19. The summed E-state index contributed by atoms with van der Waals surface area (Å²) in [6.45, 7) is 4.64. The number of piperidine rings is 1. The van der Waals surface area contributed by atoms with Crippen molar-refractivity contribution in [1.82, 2.24) is 10.2 Å². The molecule has 2 atom stereocenters. The molecule has 1 aromatic rings. The van der Waals surface area contributed by atoms with Gasteiger partial charge in [-0.15, -0.1) is 11.3 Å². The molecule has 16 heavy (non-hydrogen) atoms. The summed E-state index contributed by atoms with van der Waals surface area (Å²) in [5.74, 6) is 0. The first kappa shape index (κ1) is 12.1. The number of hydrogen-bond donors (Lipinski definition) is 1. The SMILES string of the molecule is CC(NCC1CCCCN1C)c1cccs1. The van der Waals surface area contributed by atoms with Crippen LogP contribution in [0, 0.1) is 0 Å². The second kappa shape index (κ2) is 5.80. The molecule has 2 nitrogen and oxygen atoms in total. The van der Waals surface area contributed by atoms with E-state index < -0.39 is 0 Å². The van der Waals surface area contributed by atoms with Gasteiger partial charge in [0.25, 0.3) is 0 Å². The van der Waals surface area contributed by atoms with E-state index in [1.165, 1.54) is 30.7 Å². The predicted octanol–water partition coefficient (Wildman–Crippen LogP) is 2.88. The second-order valence-electron chi connectivity index (χ2n) is 4.78. The van der Waals surface area contributed by atoms with Crippen molar-refractivity contribution in [1.29, 1.82) is 0 Å². The Morgan fingerprint density at radius 1 is 1.56 bits per heavy atom. The monoisotopic (exact) mass is 238 g/mol. The van der Waals surface area contributed by atoms with Gasteiger partial charge in [-0.1, -0.05) is 12.5 Å². The van der Waals surface area contributed by atoms with Gasteiger partial charge in [0, 0.05) is 23.5 Å². The fraction of sp³-hybridized carbons (Fsp3) is 0.692. The minimum absolute atomic E-state index is 0.496. The molecule has 1 saturated heterocycles. The highest BCUT2D eigenvalue weighted by atomic mass is 32.1. The summed E-state index contributed by atoms with van der Waals surface area (Å²) in [4.78, 5) is 3.94. The number of rotatable bonds is 4. The van der Waals surface area contributed by atoms with E-state index in [0.29, 0.717) is 6.04 Å². The molecule has 90 valence electrons. The molecule has 0 saturated carbocycles. The smallest absolute Gasteiger partial charge is 0.0386 e. The van der Waals surface area contributed by atoms with Crippen molar-refractivity contribution in [2.75, 3.05) is 20.1 Å². The first-order valence-corrected chi connectivity index (χ1v) is 7.12. The van der Waals surface area contributed by atoms with Crippen LogP contribution in [-0.4, -0.2) is 31.1 Å². The van der Waals surface area contributed by atoms with E-state index in [4.69, 9.17) is 0 Å².